The van der Waals surface area contributed by atoms with E-state index in [1.807, 2.05) is 36.4 Å². The molecule has 2 rings (SSSR count). The van der Waals surface area contributed by atoms with Gasteiger partial charge in [-0.2, -0.15) is 0 Å². The fourth-order valence-corrected chi connectivity index (χ4v) is 1.52. The Labute approximate surface area is 88.0 Å². The number of methoxy groups -OCH3 is 1. The van der Waals surface area contributed by atoms with Gasteiger partial charge in [-0.25, -0.2) is 0 Å². The first-order valence-corrected chi connectivity index (χ1v) is 4.63. The van der Waals surface area contributed by atoms with E-state index in [9.17, 15) is 0 Å². The molecule has 0 aliphatic heterocycles. The van der Waals surface area contributed by atoms with Gasteiger partial charge in [0.15, 0.2) is 0 Å². The van der Waals surface area contributed by atoms with Gasteiger partial charge in [-0.1, -0.05) is 18.2 Å². The molecule has 0 bridgehead atoms. The number of hydrogen-bond donors (Lipinski definition) is 2. The second-order valence-corrected chi connectivity index (χ2v) is 3.34. The maximum atomic E-state index is 7.36. The molecular weight excluding hydrogens is 188 g/mol. The molecule has 0 fully saturated rings. The van der Waals surface area contributed by atoms with Gasteiger partial charge in [0.2, 0.25) is 0 Å². The monoisotopic (exact) mass is 200 g/mol. The summed E-state index contributed by atoms with van der Waals surface area (Å²) in [6.45, 7) is 0. The van der Waals surface area contributed by atoms with Crippen LogP contribution in [-0.4, -0.2) is 12.9 Å². The van der Waals surface area contributed by atoms with Crippen molar-refractivity contribution in [3.05, 3.63) is 42.0 Å². The smallest absolute Gasteiger partial charge is 0.122 e. The second-order valence-electron chi connectivity index (χ2n) is 3.34. The molecule has 0 saturated carbocycles. The highest BCUT2D eigenvalue weighted by molar-refractivity contribution is 5.99. The van der Waals surface area contributed by atoms with Crippen LogP contribution >= 0.6 is 0 Å². The lowest BCUT2D eigenvalue weighted by Crippen LogP contribution is -2.10. The SMILES string of the molecule is COc1ccc2ccc(C(=N)N)cc2c1. The van der Waals surface area contributed by atoms with Gasteiger partial charge in [-0.3, -0.25) is 5.41 Å². The van der Waals surface area contributed by atoms with Gasteiger partial charge in [0, 0.05) is 5.56 Å². The zero-order valence-corrected chi connectivity index (χ0v) is 8.45. The number of rotatable bonds is 2. The predicted molar refractivity (Wildman–Crippen MR) is 61.5 cm³/mol. The first-order valence-electron chi connectivity index (χ1n) is 4.63. The summed E-state index contributed by atoms with van der Waals surface area (Å²) in [5.74, 6) is 0.892. The number of nitrogens with two attached hydrogens (primary N) is 1. The van der Waals surface area contributed by atoms with E-state index in [0.29, 0.717) is 0 Å². The molecule has 3 N–H and O–H groups in total. The van der Waals surface area contributed by atoms with Crippen LogP contribution in [0.1, 0.15) is 5.56 Å². The molecule has 0 heterocycles. The van der Waals surface area contributed by atoms with E-state index in [4.69, 9.17) is 15.9 Å². The lowest BCUT2D eigenvalue weighted by atomic mass is 10.1. The fraction of sp³-hybridized carbons (Fsp3) is 0.0833. The quantitative estimate of drug-likeness (QED) is 0.576. The van der Waals surface area contributed by atoms with Crippen molar-refractivity contribution in [2.75, 3.05) is 7.11 Å². The Morgan fingerprint density at radius 3 is 2.53 bits per heavy atom. The van der Waals surface area contributed by atoms with Gasteiger partial charge in [0.25, 0.3) is 0 Å². The van der Waals surface area contributed by atoms with Crippen molar-refractivity contribution in [1.82, 2.24) is 0 Å². The van der Waals surface area contributed by atoms with Crippen molar-refractivity contribution in [1.29, 1.82) is 5.41 Å². The molecular formula is C12H12N2O. The summed E-state index contributed by atoms with van der Waals surface area (Å²) in [5.41, 5.74) is 6.16. The van der Waals surface area contributed by atoms with Crippen molar-refractivity contribution in [3.8, 4) is 5.75 Å². The van der Waals surface area contributed by atoms with Crippen LogP contribution in [0.15, 0.2) is 36.4 Å². The summed E-state index contributed by atoms with van der Waals surface area (Å²) in [4.78, 5) is 0. The summed E-state index contributed by atoms with van der Waals surface area (Å²) >= 11 is 0. The van der Waals surface area contributed by atoms with Crippen molar-refractivity contribution < 1.29 is 4.74 Å². The average Bonchev–Trinajstić information content (AvgIpc) is 2.27. The molecule has 0 aliphatic rings. The third-order valence-electron chi connectivity index (χ3n) is 2.36. The molecule has 0 atom stereocenters. The Kier molecular flexibility index (Phi) is 2.29. The number of fused-ring (bicyclic) bond motifs is 1. The lowest BCUT2D eigenvalue weighted by molar-refractivity contribution is 0.415. The molecule has 15 heavy (non-hydrogen) atoms. The predicted octanol–water partition coefficient (Wildman–Crippen LogP) is 2.13. The molecule has 0 unspecified atom stereocenters. The molecule has 0 aliphatic carbocycles. The molecule has 0 saturated heterocycles. The summed E-state index contributed by atoms with van der Waals surface area (Å²) in [6, 6.07) is 11.5. The van der Waals surface area contributed by atoms with E-state index in [2.05, 4.69) is 0 Å². The summed E-state index contributed by atoms with van der Waals surface area (Å²) in [6.07, 6.45) is 0. The van der Waals surface area contributed by atoms with Crippen molar-refractivity contribution in [2.45, 2.75) is 0 Å². The van der Waals surface area contributed by atoms with Crippen molar-refractivity contribution in [2.24, 2.45) is 5.73 Å². The molecule has 3 heteroatoms. The largest absolute Gasteiger partial charge is 0.497 e. The first-order chi connectivity index (χ1) is 7.20. The fourth-order valence-electron chi connectivity index (χ4n) is 1.52. The molecule has 0 radical (unpaired) electrons. The molecule has 2 aromatic carbocycles. The number of ether oxygens (including phenoxy) is 1. The number of nitrogens with one attached hydrogen (secondary N) is 1. The van der Waals surface area contributed by atoms with E-state index in [-0.39, 0.29) is 5.84 Å². The number of hydrogen-bond acceptors (Lipinski definition) is 2. The first kappa shape index (κ1) is 9.52. The Balaban J connectivity index is 2.62. The third kappa shape index (κ3) is 1.76. The zero-order valence-electron chi connectivity index (χ0n) is 8.45. The van der Waals surface area contributed by atoms with Crippen LogP contribution in [0.4, 0.5) is 0 Å². The maximum Gasteiger partial charge on any atom is 0.122 e. The van der Waals surface area contributed by atoms with Crippen LogP contribution in [0.2, 0.25) is 0 Å². The van der Waals surface area contributed by atoms with Gasteiger partial charge in [-0.15, -0.1) is 0 Å². The van der Waals surface area contributed by atoms with Gasteiger partial charge < -0.3 is 10.5 Å². The van der Waals surface area contributed by atoms with E-state index in [1.54, 1.807) is 7.11 Å². The molecule has 76 valence electrons. The Morgan fingerprint density at radius 2 is 1.87 bits per heavy atom. The van der Waals surface area contributed by atoms with Gasteiger partial charge >= 0.3 is 0 Å². The summed E-state index contributed by atoms with van der Waals surface area (Å²) in [7, 11) is 1.63. The van der Waals surface area contributed by atoms with Crippen molar-refractivity contribution in [3.63, 3.8) is 0 Å². The van der Waals surface area contributed by atoms with Gasteiger partial charge in [0.1, 0.15) is 11.6 Å². The summed E-state index contributed by atoms with van der Waals surface area (Å²) < 4.78 is 5.14. The second kappa shape index (κ2) is 3.61. The zero-order chi connectivity index (χ0) is 10.8. The van der Waals surface area contributed by atoms with Gasteiger partial charge in [0.05, 0.1) is 7.11 Å². The van der Waals surface area contributed by atoms with Crippen LogP contribution in [-0.2, 0) is 0 Å². The highest BCUT2D eigenvalue weighted by atomic mass is 16.5. The van der Waals surface area contributed by atoms with E-state index in [0.717, 1.165) is 22.1 Å². The molecule has 2 aromatic rings. The molecule has 3 nitrogen and oxygen atoms in total. The van der Waals surface area contributed by atoms with E-state index >= 15 is 0 Å². The van der Waals surface area contributed by atoms with E-state index in [1.165, 1.54) is 0 Å². The minimum Gasteiger partial charge on any atom is -0.497 e. The minimum absolute atomic E-state index is 0.0831. The van der Waals surface area contributed by atoms with Crippen LogP contribution in [0.5, 0.6) is 5.75 Å². The lowest BCUT2D eigenvalue weighted by Gasteiger charge is -2.04. The average molecular weight is 200 g/mol. The van der Waals surface area contributed by atoms with Crippen LogP contribution in [0.25, 0.3) is 10.8 Å². The third-order valence-corrected chi connectivity index (χ3v) is 2.36. The van der Waals surface area contributed by atoms with Crippen molar-refractivity contribution >= 4 is 16.6 Å². The van der Waals surface area contributed by atoms with Crippen LogP contribution in [0.3, 0.4) is 0 Å². The minimum atomic E-state index is 0.0831. The molecule has 0 spiro atoms. The van der Waals surface area contributed by atoms with Crippen LogP contribution in [0, 0.1) is 5.41 Å². The van der Waals surface area contributed by atoms with Gasteiger partial charge in [-0.05, 0) is 29.0 Å². The number of amidine groups is 1. The highest BCUT2D eigenvalue weighted by Gasteiger charge is 2.00. The highest BCUT2D eigenvalue weighted by Crippen LogP contribution is 2.21. The normalized spacial score (nSPS) is 10.2. The Morgan fingerprint density at radius 1 is 1.13 bits per heavy atom. The Bertz CT molecular complexity index is 520. The van der Waals surface area contributed by atoms with Crippen LogP contribution < -0.4 is 10.5 Å². The van der Waals surface area contributed by atoms with E-state index < -0.39 is 0 Å². The number of benzene rings is 2. The molecule has 0 amide bonds. The topological polar surface area (TPSA) is 59.1 Å². The maximum absolute atomic E-state index is 7.36. The molecule has 0 aromatic heterocycles. The Hall–Kier alpha value is -2.03. The number of nitrogen functional groups attached to an aromatic ring is 1. The standard InChI is InChI=1S/C12H12N2O/c1-15-11-5-4-8-2-3-9(12(13)14)6-10(8)7-11/h2-7H,1H3,(H3,13,14). The summed E-state index contributed by atoms with van der Waals surface area (Å²) in [5, 5.41) is 9.50.